The zero-order valence-electron chi connectivity index (χ0n) is 14.0. The minimum Gasteiger partial charge on any atom is -0.383 e. The molecule has 0 saturated carbocycles. The van der Waals surface area contributed by atoms with Gasteiger partial charge in [-0.05, 0) is 18.1 Å². The van der Waals surface area contributed by atoms with Gasteiger partial charge in [0.15, 0.2) is 0 Å². The summed E-state index contributed by atoms with van der Waals surface area (Å²) in [6.07, 6.45) is 4.25. The van der Waals surface area contributed by atoms with Crippen molar-refractivity contribution in [1.29, 1.82) is 0 Å². The lowest BCUT2D eigenvalue weighted by molar-refractivity contribution is 0.0612. The lowest BCUT2D eigenvalue weighted by Crippen LogP contribution is -2.38. The van der Waals surface area contributed by atoms with E-state index in [1.165, 1.54) is 0 Å². The van der Waals surface area contributed by atoms with Crippen LogP contribution in [-0.2, 0) is 9.47 Å². The molecule has 5 heteroatoms. The molecule has 1 aliphatic heterocycles. The van der Waals surface area contributed by atoms with Gasteiger partial charge < -0.3 is 14.4 Å². The van der Waals surface area contributed by atoms with E-state index in [9.17, 15) is 4.79 Å². The van der Waals surface area contributed by atoms with Gasteiger partial charge in [-0.15, -0.1) is 0 Å². The first-order valence-corrected chi connectivity index (χ1v) is 8.06. The molecule has 24 heavy (non-hydrogen) atoms. The molecule has 0 bridgehead atoms. The molecule has 0 spiro atoms. The minimum atomic E-state index is -0.0260. The number of methoxy groups -OCH3 is 2. The largest absolute Gasteiger partial charge is 0.383 e. The number of carbonyl (C=O) groups is 1. The fourth-order valence-electron chi connectivity index (χ4n) is 3.15. The van der Waals surface area contributed by atoms with Crippen LogP contribution in [0.3, 0.4) is 0 Å². The highest BCUT2D eigenvalue weighted by Gasteiger charge is 2.35. The van der Waals surface area contributed by atoms with Crippen molar-refractivity contribution < 1.29 is 14.3 Å². The molecule has 3 rings (SSSR count). The van der Waals surface area contributed by atoms with Crippen molar-refractivity contribution in [1.82, 2.24) is 9.88 Å². The van der Waals surface area contributed by atoms with Gasteiger partial charge in [-0.1, -0.05) is 30.3 Å². The molecule has 1 saturated heterocycles. The third-order valence-corrected chi connectivity index (χ3v) is 4.42. The Hall–Kier alpha value is -2.24. The maximum atomic E-state index is 13.0. The summed E-state index contributed by atoms with van der Waals surface area (Å²) in [5.41, 5.74) is 2.57. The molecule has 5 nitrogen and oxygen atoms in total. The van der Waals surface area contributed by atoms with E-state index in [1.807, 2.05) is 41.3 Å². The van der Waals surface area contributed by atoms with Gasteiger partial charge in [0.05, 0.1) is 24.3 Å². The zero-order valence-corrected chi connectivity index (χ0v) is 14.0. The first-order valence-electron chi connectivity index (χ1n) is 8.06. The number of aromatic nitrogens is 1. The van der Waals surface area contributed by atoms with E-state index in [4.69, 9.17) is 9.47 Å². The van der Waals surface area contributed by atoms with E-state index in [0.717, 1.165) is 17.5 Å². The number of benzene rings is 1. The number of hydrogen-bond acceptors (Lipinski definition) is 4. The lowest BCUT2D eigenvalue weighted by Gasteiger charge is -2.23. The number of carbonyl (C=O) groups excluding carboxylic acids is 1. The Bertz CT molecular complexity index is 690. The van der Waals surface area contributed by atoms with Crippen molar-refractivity contribution in [3.05, 3.63) is 54.4 Å². The number of nitrogens with zero attached hydrogens (tertiary/aromatic N) is 2. The second-order valence-electron chi connectivity index (χ2n) is 5.99. The maximum absolute atomic E-state index is 13.0. The number of amides is 1. The molecule has 1 aromatic carbocycles. The molecule has 1 aromatic heterocycles. The van der Waals surface area contributed by atoms with Crippen LogP contribution in [0.25, 0.3) is 11.1 Å². The maximum Gasteiger partial charge on any atom is 0.255 e. The molecule has 0 N–H and O–H groups in total. The van der Waals surface area contributed by atoms with Crippen molar-refractivity contribution in [3.8, 4) is 11.1 Å². The monoisotopic (exact) mass is 326 g/mol. The Morgan fingerprint density at radius 3 is 2.71 bits per heavy atom. The van der Waals surface area contributed by atoms with Crippen LogP contribution in [0.5, 0.6) is 0 Å². The van der Waals surface area contributed by atoms with Crippen LogP contribution in [0.15, 0.2) is 48.8 Å². The van der Waals surface area contributed by atoms with Crippen LogP contribution in [0.1, 0.15) is 16.8 Å². The predicted molar refractivity (Wildman–Crippen MR) is 91.8 cm³/mol. The summed E-state index contributed by atoms with van der Waals surface area (Å²) in [5, 5.41) is 0. The van der Waals surface area contributed by atoms with Crippen LogP contribution in [-0.4, -0.2) is 55.3 Å². The number of rotatable bonds is 5. The summed E-state index contributed by atoms with van der Waals surface area (Å²) in [4.78, 5) is 19.0. The number of hydrogen-bond donors (Lipinski definition) is 0. The highest BCUT2D eigenvalue weighted by Crippen LogP contribution is 2.24. The van der Waals surface area contributed by atoms with Crippen LogP contribution < -0.4 is 0 Å². The summed E-state index contributed by atoms with van der Waals surface area (Å²) >= 11 is 0. The molecule has 2 atom stereocenters. The number of ether oxygens (including phenoxy) is 2. The topological polar surface area (TPSA) is 51.7 Å². The molecule has 1 aliphatic rings. The predicted octanol–water partition coefficient (Wildman–Crippen LogP) is 2.62. The highest BCUT2D eigenvalue weighted by atomic mass is 16.5. The van der Waals surface area contributed by atoms with Gasteiger partial charge in [-0.25, -0.2) is 0 Å². The third kappa shape index (κ3) is 3.47. The van der Waals surface area contributed by atoms with Crippen LogP contribution in [0.4, 0.5) is 0 Å². The summed E-state index contributed by atoms with van der Waals surface area (Å²) in [7, 11) is 3.33. The Morgan fingerprint density at radius 2 is 2.00 bits per heavy atom. The fourth-order valence-corrected chi connectivity index (χ4v) is 3.15. The first-order chi connectivity index (χ1) is 11.7. The van der Waals surface area contributed by atoms with Crippen molar-refractivity contribution in [2.24, 2.45) is 0 Å². The molecule has 0 radical (unpaired) electrons. The van der Waals surface area contributed by atoms with E-state index >= 15 is 0 Å². The van der Waals surface area contributed by atoms with Gasteiger partial charge in [0.1, 0.15) is 0 Å². The smallest absolute Gasteiger partial charge is 0.255 e. The Labute approximate surface area is 142 Å². The summed E-state index contributed by atoms with van der Waals surface area (Å²) in [5.74, 6) is -0.0260. The minimum absolute atomic E-state index is 0.0260. The van der Waals surface area contributed by atoms with Crippen molar-refractivity contribution in [3.63, 3.8) is 0 Å². The van der Waals surface area contributed by atoms with Gasteiger partial charge >= 0.3 is 0 Å². The molecular weight excluding hydrogens is 304 g/mol. The molecule has 1 amide bonds. The number of likely N-dealkylation sites (tertiary alicyclic amines) is 1. The van der Waals surface area contributed by atoms with Crippen LogP contribution in [0, 0.1) is 0 Å². The Balaban J connectivity index is 1.84. The van der Waals surface area contributed by atoms with Gasteiger partial charge in [0, 0.05) is 38.7 Å². The van der Waals surface area contributed by atoms with Crippen molar-refractivity contribution >= 4 is 5.91 Å². The fraction of sp³-hybridized carbons (Fsp3) is 0.368. The van der Waals surface area contributed by atoms with Crippen LogP contribution in [0.2, 0.25) is 0 Å². The van der Waals surface area contributed by atoms with E-state index < -0.39 is 0 Å². The molecule has 2 heterocycles. The average molecular weight is 326 g/mol. The number of pyridine rings is 1. The van der Waals surface area contributed by atoms with E-state index in [2.05, 4.69) is 4.98 Å². The summed E-state index contributed by atoms with van der Waals surface area (Å²) in [6.45, 7) is 1.09. The van der Waals surface area contributed by atoms with E-state index in [1.54, 1.807) is 26.6 Å². The molecule has 126 valence electrons. The van der Waals surface area contributed by atoms with Gasteiger partial charge in [0.25, 0.3) is 5.91 Å². The quantitative estimate of drug-likeness (QED) is 0.847. The Kier molecular flexibility index (Phi) is 5.23. The highest BCUT2D eigenvalue weighted by molar-refractivity contribution is 5.95. The van der Waals surface area contributed by atoms with Crippen molar-refractivity contribution in [2.75, 3.05) is 27.4 Å². The normalized spacial score (nSPS) is 20.3. The SMILES string of the molecule is COC[C@@H]1C[C@H](OC)CN1C(=O)c1cncc(-c2ccccc2)c1. The van der Waals surface area contributed by atoms with E-state index in [-0.39, 0.29) is 18.1 Å². The zero-order chi connectivity index (χ0) is 16.9. The second-order valence-corrected chi connectivity index (χ2v) is 5.99. The molecule has 0 unspecified atom stereocenters. The van der Waals surface area contributed by atoms with Crippen LogP contribution >= 0.6 is 0 Å². The third-order valence-electron chi connectivity index (χ3n) is 4.42. The Morgan fingerprint density at radius 1 is 1.21 bits per heavy atom. The average Bonchev–Trinajstić information content (AvgIpc) is 3.05. The molecule has 2 aromatic rings. The van der Waals surface area contributed by atoms with Gasteiger partial charge in [-0.2, -0.15) is 0 Å². The standard InChI is InChI=1S/C19H22N2O3/c1-23-13-17-9-18(24-2)12-21(17)19(22)16-8-15(10-20-11-16)14-6-4-3-5-7-14/h3-8,10-11,17-18H,9,12-13H2,1-2H3/t17-,18-/m0/s1. The second kappa shape index (κ2) is 7.55. The molecule has 1 fully saturated rings. The van der Waals surface area contributed by atoms with Gasteiger partial charge in [-0.3, -0.25) is 9.78 Å². The van der Waals surface area contributed by atoms with Crippen molar-refractivity contribution in [2.45, 2.75) is 18.6 Å². The first kappa shape index (κ1) is 16.6. The molecule has 0 aliphatic carbocycles. The summed E-state index contributed by atoms with van der Waals surface area (Å²) < 4.78 is 10.7. The summed E-state index contributed by atoms with van der Waals surface area (Å²) in [6, 6.07) is 11.9. The van der Waals surface area contributed by atoms with E-state index in [0.29, 0.717) is 18.7 Å². The van der Waals surface area contributed by atoms with Gasteiger partial charge in [0.2, 0.25) is 0 Å². The molecular formula is C19H22N2O3. The lowest BCUT2D eigenvalue weighted by atomic mass is 10.1.